The molecule has 1 aliphatic rings. The topological polar surface area (TPSA) is 33.2 Å². The second-order valence-corrected chi connectivity index (χ2v) is 5.09. The molecule has 1 saturated heterocycles. The minimum Gasteiger partial charge on any atom is -0.357 e. The van der Waals surface area contributed by atoms with Gasteiger partial charge in [-0.15, -0.1) is 11.3 Å². The molecule has 3 heterocycles. The van der Waals surface area contributed by atoms with Crippen LogP contribution >= 0.6 is 11.3 Å². The molecule has 0 aromatic carbocycles. The van der Waals surface area contributed by atoms with Crippen molar-refractivity contribution in [1.82, 2.24) is 4.98 Å². The van der Waals surface area contributed by atoms with Gasteiger partial charge in [0, 0.05) is 18.5 Å². The maximum Gasteiger partial charge on any atom is 0.160 e. The van der Waals surface area contributed by atoms with E-state index in [-0.39, 0.29) is 0 Å². The highest BCUT2D eigenvalue weighted by Crippen LogP contribution is 2.26. The van der Waals surface area contributed by atoms with Crippen LogP contribution in [0, 0.1) is 0 Å². The summed E-state index contributed by atoms with van der Waals surface area (Å²) in [5.74, 6) is 1.05. The number of carbonyl (C=O) groups is 1. The number of pyridine rings is 1. The number of carbonyl (C=O) groups excluding carboxylic acids is 1. The van der Waals surface area contributed by atoms with Crippen molar-refractivity contribution in [3.05, 3.63) is 23.1 Å². The van der Waals surface area contributed by atoms with E-state index in [0.29, 0.717) is 0 Å². The fourth-order valence-electron chi connectivity index (χ4n) is 2.11. The first-order chi connectivity index (χ1) is 7.86. The van der Waals surface area contributed by atoms with Gasteiger partial charge in [-0.3, -0.25) is 4.79 Å². The Labute approximate surface area is 97.7 Å². The number of hydrogen-bond acceptors (Lipinski definition) is 4. The summed E-state index contributed by atoms with van der Waals surface area (Å²) in [6.07, 6.45) is 3.40. The van der Waals surface area contributed by atoms with Crippen LogP contribution in [-0.2, 0) is 0 Å². The summed E-state index contributed by atoms with van der Waals surface area (Å²) in [7, 11) is 0. The van der Waals surface area contributed by atoms with Gasteiger partial charge in [0.25, 0.3) is 0 Å². The van der Waals surface area contributed by atoms with E-state index in [1.54, 1.807) is 0 Å². The van der Waals surface area contributed by atoms with Gasteiger partial charge in [-0.2, -0.15) is 0 Å². The molecule has 1 fully saturated rings. The molecule has 82 valence electrons. The van der Waals surface area contributed by atoms with E-state index in [2.05, 4.69) is 22.0 Å². The van der Waals surface area contributed by atoms with Crippen LogP contribution in [0.2, 0.25) is 0 Å². The monoisotopic (exact) mass is 232 g/mol. The summed E-state index contributed by atoms with van der Waals surface area (Å²) < 4.78 is 0. The van der Waals surface area contributed by atoms with Crippen molar-refractivity contribution in [3.8, 4) is 0 Å². The van der Waals surface area contributed by atoms with E-state index in [4.69, 9.17) is 0 Å². The second-order valence-electron chi connectivity index (χ2n) is 4.02. The van der Waals surface area contributed by atoms with Gasteiger partial charge in [-0.1, -0.05) is 0 Å². The minimum absolute atomic E-state index is 0.751. The number of rotatable bonds is 2. The van der Waals surface area contributed by atoms with Crippen molar-refractivity contribution >= 4 is 33.7 Å². The normalized spacial score (nSPS) is 15.9. The molecule has 3 nitrogen and oxygen atoms in total. The maximum absolute atomic E-state index is 10.7. The van der Waals surface area contributed by atoms with Crippen LogP contribution in [0.1, 0.15) is 22.5 Å². The van der Waals surface area contributed by atoms with Crippen LogP contribution in [-0.4, -0.2) is 24.4 Å². The summed E-state index contributed by atoms with van der Waals surface area (Å²) in [5.41, 5.74) is 0. The molecule has 0 amide bonds. The summed E-state index contributed by atoms with van der Waals surface area (Å²) in [6, 6.07) is 6.00. The first kappa shape index (κ1) is 9.78. The summed E-state index contributed by atoms with van der Waals surface area (Å²) >= 11 is 1.46. The van der Waals surface area contributed by atoms with Crippen molar-refractivity contribution in [2.45, 2.75) is 12.8 Å². The number of hydrogen-bond donors (Lipinski definition) is 0. The highest BCUT2D eigenvalue weighted by molar-refractivity contribution is 7.20. The van der Waals surface area contributed by atoms with E-state index >= 15 is 0 Å². The van der Waals surface area contributed by atoms with Gasteiger partial charge < -0.3 is 4.90 Å². The van der Waals surface area contributed by atoms with E-state index in [1.807, 2.05) is 6.07 Å². The molecule has 0 N–H and O–H groups in total. The number of nitrogens with zero attached hydrogens (tertiary/aromatic N) is 2. The third kappa shape index (κ3) is 1.59. The van der Waals surface area contributed by atoms with Crippen molar-refractivity contribution in [1.29, 1.82) is 0 Å². The van der Waals surface area contributed by atoms with Crippen LogP contribution in [0.5, 0.6) is 0 Å². The molecule has 0 saturated carbocycles. The van der Waals surface area contributed by atoms with Crippen molar-refractivity contribution < 1.29 is 4.79 Å². The largest absolute Gasteiger partial charge is 0.357 e. The Morgan fingerprint density at radius 2 is 2.12 bits per heavy atom. The predicted octanol–water partition coefficient (Wildman–Crippen LogP) is 2.71. The average Bonchev–Trinajstić information content (AvgIpc) is 2.96. The van der Waals surface area contributed by atoms with Gasteiger partial charge in [-0.05, 0) is 31.0 Å². The lowest BCUT2D eigenvalue weighted by atomic mass is 10.3. The quantitative estimate of drug-likeness (QED) is 0.746. The number of fused-ring (bicyclic) bond motifs is 1. The van der Waals surface area contributed by atoms with Gasteiger partial charge in [0.15, 0.2) is 6.29 Å². The maximum atomic E-state index is 10.7. The van der Waals surface area contributed by atoms with Crippen LogP contribution in [0.3, 0.4) is 0 Å². The SMILES string of the molecule is O=Cc1cc2ccc(N3CCCC3)nc2s1. The Kier molecular flexibility index (Phi) is 2.36. The molecule has 0 atom stereocenters. The lowest BCUT2D eigenvalue weighted by molar-refractivity contribution is 0.112. The minimum atomic E-state index is 0.751. The van der Waals surface area contributed by atoms with Crippen LogP contribution in [0.4, 0.5) is 5.82 Å². The fourth-order valence-corrected chi connectivity index (χ4v) is 2.95. The van der Waals surface area contributed by atoms with E-state index in [9.17, 15) is 4.79 Å². The first-order valence-corrected chi connectivity index (χ1v) is 6.29. The van der Waals surface area contributed by atoms with Gasteiger partial charge in [0.1, 0.15) is 10.6 Å². The number of anilines is 1. The molecule has 2 aromatic rings. The molecule has 4 heteroatoms. The highest BCUT2D eigenvalue weighted by Gasteiger charge is 2.14. The van der Waals surface area contributed by atoms with Crippen molar-refractivity contribution in [2.24, 2.45) is 0 Å². The molecule has 0 aliphatic carbocycles. The Morgan fingerprint density at radius 3 is 2.88 bits per heavy atom. The molecule has 0 bridgehead atoms. The van der Waals surface area contributed by atoms with E-state index in [1.165, 1.54) is 24.2 Å². The van der Waals surface area contributed by atoms with Crippen molar-refractivity contribution in [3.63, 3.8) is 0 Å². The van der Waals surface area contributed by atoms with E-state index < -0.39 is 0 Å². The van der Waals surface area contributed by atoms with Gasteiger partial charge in [-0.25, -0.2) is 4.98 Å². The fraction of sp³-hybridized carbons (Fsp3) is 0.333. The van der Waals surface area contributed by atoms with Crippen molar-refractivity contribution in [2.75, 3.05) is 18.0 Å². The number of thiophene rings is 1. The third-order valence-electron chi connectivity index (χ3n) is 2.93. The lowest BCUT2D eigenvalue weighted by Gasteiger charge is -2.15. The third-order valence-corrected chi connectivity index (χ3v) is 3.90. The van der Waals surface area contributed by atoms with Gasteiger partial charge in [0.05, 0.1) is 4.88 Å². The summed E-state index contributed by atoms with van der Waals surface area (Å²) in [4.78, 5) is 19.3. The Bertz CT molecular complexity index is 529. The molecule has 16 heavy (non-hydrogen) atoms. The lowest BCUT2D eigenvalue weighted by Crippen LogP contribution is -2.18. The van der Waals surface area contributed by atoms with Crippen LogP contribution in [0.15, 0.2) is 18.2 Å². The molecule has 0 spiro atoms. The smallest absolute Gasteiger partial charge is 0.160 e. The Morgan fingerprint density at radius 1 is 1.31 bits per heavy atom. The zero-order valence-electron chi connectivity index (χ0n) is 8.85. The van der Waals surface area contributed by atoms with Crippen LogP contribution < -0.4 is 4.90 Å². The molecular weight excluding hydrogens is 220 g/mol. The second kappa shape index (κ2) is 3.87. The van der Waals surface area contributed by atoms with E-state index in [0.717, 1.165) is 40.3 Å². The first-order valence-electron chi connectivity index (χ1n) is 5.47. The number of aldehydes is 1. The van der Waals surface area contributed by atoms with Gasteiger partial charge in [0.2, 0.25) is 0 Å². The Balaban J connectivity index is 2.03. The standard InChI is InChI=1S/C12H12N2OS/c15-8-10-7-9-3-4-11(13-12(9)16-10)14-5-1-2-6-14/h3-4,7-8H,1-2,5-6H2. The van der Waals surface area contributed by atoms with Crippen LogP contribution in [0.25, 0.3) is 10.2 Å². The summed E-state index contributed by atoms with van der Waals surface area (Å²) in [6.45, 7) is 2.20. The molecule has 2 aromatic heterocycles. The average molecular weight is 232 g/mol. The zero-order valence-corrected chi connectivity index (χ0v) is 9.67. The molecule has 0 radical (unpaired) electrons. The molecule has 0 unspecified atom stereocenters. The molecule has 3 rings (SSSR count). The highest BCUT2D eigenvalue weighted by atomic mass is 32.1. The molecular formula is C12H12N2OS. The van der Waals surface area contributed by atoms with Gasteiger partial charge >= 0.3 is 0 Å². The summed E-state index contributed by atoms with van der Waals surface area (Å²) in [5, 5.41) is 1.06. The predicted molar refractivity (Wildman–Crippen MR) is 66.5 cm³/mol. The number of aromatic nitrogens is 1. The Hall–Kier alpha value is -1.42. The molecule has 1 aliphatic heterocycles. The zero-order chi connectivity index (χ0) is 11.0.